The molecular formula is C56H32N4S. The van der Waals surface area contributed by atoms with Gasteiger partial charge in [-0.1, -0.05) is 146 Å². The second kappa shape index (κ2) is 12.3. The summed E-state index contributed by atoms with van der Waals surface area (Å²) in [6, 6.07) is 70.4. The second-order valence-electron chi connectivity index (χ2n) is 16.1. The minimum absolute atomic E-state index is 0.719. The Morgan fingerprint density at radius 3 is 1.84 bits per heavy atom. The molecule has 0 amide bonds. The molecule has 0 saturated carbocycles. The van der Waals surface area contributed by atoms with Gasteiger partial charge < -0.3 is 8.97 Å². The normalized spacial score (nSPS) is 12.3. The Morgan fingerprint density at radius 1 is 0.393 bits per heavy atom. The van der Waals surface area contributed by atoms with Crippen molar-refractivity contribution in [1.29, 1.82) is 0 Å². The van der Waals surface area contributed by atoms with Crippen molar-refractivity contribution < 1.29 is 0 Å². The lowest BCUT2D eigenvalue weighted by Gasteiger charge is -2.12. The fourth-order valence-electron chi connectivity index (χ4n) is 10.1. The molecule has 0 bridgehead atoms. The van der Waals surface area contributed by atoms with E-state index < -0.39 is 0 Å². The fraction of sp³-hybridized carbons (Fsp3) is 0. The van der Waals surface area contributed by atoms with Gasteiger partial charge in [-0.15, -0.1) is 11.3 Å². The van der Waals surface area contributed by atoms with Crippen molar-refractivity contribution in [3.63, 3.8) is 0 Å². The van der Waals surface area contributed by atoms with Crippen molar-refractivity contribution >= 4 is 102 Å². The Morgan fingerprint density at radius 2 is 1.02 bits per heavy atom. The largest absolute Gasteiger partial charge is 0.308 e. The van der Waals surface area contributed by atoms with Gasteiger partial charge in [0.25, 0.3) is 0 Å². The molecule has 0 aliphatic heterocycles. The van der Waals surface area contributed by atoms with Crippen LogP contribution in [0.3, 0.4) is 0 Å². The highest BCUT2D eigenvalue weighted by Crippen LogP contribution is 2.48. The number of fused-ring (bicyclic) bond motifs is 15. The third kappa shape index (κ3) is 4.58. The van der Waals surface area contributed by atoms with E-state index in [0.29, 0.717) is 0 Å². The zero-order valence-electron chi connectivity index (χ0n) is 32.7. The van der Waals surface area contributed by atoms with Gasteiger partial charge in [0.05, 0.1) is 43.5 Å². The first-order valence-corrected chi connectivity index (χ1v) is 21.6. The van der Waals surface area contributed by atoms with Gasteiger partial charge in [-0.25, -0.2) is 9.97 Å². The number of hydrogen-bond donors (Lipinski definition) is 0. The zero-order valence-corrected chi connectivity index (χ0v) is 33.5. The van der Waals surface area contributed by atoms with E-state index in [0.717, 1.165) is 43.9 Å². The molecule has 4 nitrogen and oxygen atoms in total. The highest BCUT2D eigenvalue weighted by atomic mass is 32.1. The molecule has 0 aliphatic carbocycles. The predicted octanol–water partition coefficient (Wildman–Crippen LogP) is 15.2. The monoisotopic (exact) mass is 792 g/mol. The quantitative estimate of drug-likeness (QED) is 0.178. The van der Waals surface area contributed by atoms with Crippen molar-refractivity contribution in [1.82, 2.24) is 18.9 Å². The van der Waals surface area contributed by atoms with Crippen LogP contribution in [0.5, 0.6) is 0 Å². The third-order valence-corrected chi connectivity index (χ3v) is 14.0. The summed E-state index contributed by atoms with van der Waals surface area (Å²) >= 11 is 1.77. The van der Waals surface area contributed by atoms with E-state index in [1.165, 1.54) is 86.5 Å². The highest BCUT2D eigenvalue weighted by Gasteiger charge is 2.25. The highest BCUT2D eigenvalue weighted by molar-refractivity contribution is 7.26. The number of rotatable bonds is 4. The van der Waals surface area contributed by atoms with Crippen LogP contribution in [-0.2, 0) is 0 Å². The molecule has 61 heavy (non-hydrogen) atoms. The Hall–Kier alpha value is -7.86. The molecule has 14 rings (SSSR count). The number of hydrogen-bond acceptors (Lipinski definition) is 3. The zero-order chi connectivity index (χ0) is 39.8. The summed E-state index contributed by atoms with van der Waals surface area (Å²) in [5.41, 5.74) is 13.7. The molecule has 282 valence electrons. The molecule has 0 unspecified atom stereocenters. The maximum Gasteiger partial charge on any atom is 0.160 e. The summed E-state index contributed by atoms with van der Waals surface area (Å²) in [6.07, 6.45) is 0. The first-order valence-electron chi connectivity index (χ1n) is 20.7. The topological polar surface area (TPSA) is 35.1 Å². The van der Waals surface area contributed by atoms with Gasteiger partial charge in [-0.2, -0.15) is 0 Å². The van der Waals surface area contributed by atoms with E-state index in [-0.39, 0.29) is 0 Å². The molecule has 0 saturated heterocycles. The van der Waals surface area contributed by atoms with Crippen LogP contribution in [0.1, 0.15) is 0 Å². The summed E-state index contributed by atoms with van der Waals surface area (Å²) in [7, 11) is 0. The number of aromatic nitrogens is 4. The van der Waals surface area contributed by atoms with Crippen molar-refractivity contribution in [3.05, 3.63) is 194 Å². The summed E-state index contributed by atoms with van der Waals surface area (Å²) in [4.78, 5) is 10.7. The smallest absolute Gasteiger partial charge is 0.160 e. The first kappa shape index (κ1) is 33.0. The van der Waals surface area contributed by atoms with E-state index in [4.69, 9.17) is 9.97 Å². The average Bonchev–Trinajstić information content (AvgIpc) is 4.07. The van der Waals surface area contributed by atoms with Crippen LogP contribution >= 0.6 is 11.3 Å². The summed E-state index contributed by atoms with van der Waals surface area (Å²) in [5.74, 6) is 0.719. The molecule has 14 aromatic rings. The molecule has 9 aromatic carbocycles. The van der Waals surface area contributed by atoms with E-state index in [1.807, 2.05) is 0 Å². The molecule has 5 heterocycles. The summed E-state index contributed by atoms with van der Waals surface area (Å²) < 4.78 is 7.31. The Balaban J connectivity index is 1.02. The Labute approximate surface area is 353 Å². The van der Waals surface area contributed by atoms with Gasteiger partial charge in [0.2, 0.25) is 0 Å². The molecule has 5 heteroatoms. The molecular weight excluding hydrogens is 761 g/mol. The van der Waals surface area contributed by atoms with Gasteiger partial charge in [-0.3, -0.25) is 0 Å². The van der Waals surface area contributed by atoms with Crippen LogP contribution in [0.4, 0.5) is 0 Å². The van der Waals surface area contributed by atoms with Crippen LogP contribution < -0.4 is 0 Å². The standard InChI is InChI=1S/C56H32N4S/c1-2-12-33(13-3-1)34-22-24-36(25-23-34)50-55-51(43-18-8-11-21-48(43)61-55)58-56(57-50)37-26-29-38(30-27-37)59-52-39-15-5-4-14-35(39)28-31-41(52)45-32-44-40-16-6-9-19-46(40)60-47-20-10-7-17-42(47)49(53(45)59)54(44)60/h1-32H. The molecule has 0 aliphatic rings. The average molecular weight is 793 g/mol. The van der Waals surface area contributed by atoms with Crippen LogP contribution in [0.2, 0.25) is 0 Å². The number of para-hydroxylation sites is 2. The number of benzene rings is 9. The molecule has 5 aromatic heterocycles. The molecule has 0 radical (unpaired) electrons. The van der Waals surface area contributed by atoms with E-state index in [1.54, 1.807) is 11.3 Å². The maximum atomic E-state index is 5.38. The van der Waals surface area contributed by atoms with Gasteiger partial charge in [-0.05, 0) is 65.0 Å². The molecule has 0 fully saturated rings. The van der Waals surface area contributed by atoms with Crippen molar-refractivity contribution in [2.24, 2.45) is 0 Å². The lowest BCUT2D eigenvalue weighted by Crippen LogP contribution is -1.97. The van der Waals surface area contributed by atoms with Gasteiger partial charge in [0.15, 0.2) is 5.82 Å². The van der Waals surface area contributed by atoms with Crippen molar-refractivity contribution in [2.45, 2.75) is 0 Å². The van der Waals surface area contributed by atoms with Crippen LogP contribution in [0, 0.1) is 0 Å². The van der Waals surface area contributed by atoms with Crippen LogP contribution in [-0.4, -0.2) is 18.9 Å². The maximum absolute atomic E-state index is 5.38. The van der Waals surface area contributed by atoms with E-state index in [2.05, 4.69) is 203 Å². The molecule has 0 N–H and O–H groups in total. The summed E-state index contributed by atoms with van der Waals surface area (Å²) in [5, 5.41) is 11.2. The second-order valence-corrected chi connectivity index (χ2v) is 17.1. The molecule has 0 spiro atoms. The first-order chi connectivity index (χ1) is 30.3. The third-order valence-electron chi connectivity index (χ3n) is 12.9. The Bertz CT molecular complexity index is 4080. The summed E-state index contributed by atoms with van der Waals surface area (Å²) in [6.45, 7) is 0. The van der Waals surface area contributed by atoms with Gasteiger partial charge in [0.1, 0.15) is 0 Å². The SMILES string of the molecule is c1ccc(-c2ccc(-c3nc(-c4ccc(-n5c6c7ccccc7ccc6c6cc7c8ccccc8n8c9ccccc9c(c65)c78)cc4)nc4c3sc3ccccc34)cc2)cc1. The lowest BCUT2D eigenvalue weighted by molar-refractivity contribution is 1.19. The Kier molecular flexibility index (Phi) is 6.68. The van der Waals surface area contributed by atoms with Gasteiger partial charge >= 0.3 is 0 Å². The van der Waals surface area contributed by atoms with E-state index in [9.17, 15) is 0 Å². The minimum Gasteiger partial charge on any atom is -0.308 e. The van der Waals surface area contributed by atoms with Gasteiger partial charge in [0, 0.05) is 64.6 Å². The molecule has 0 atom stereocenters. The number of nitrogens with zero attached hydrogens (tertiary/aromatic N) is 4. The minimum atomic E-state index is 0.719. The fourth-order valence-corrected chi connectivity index (χ4v) is 11.3. The van der Waals surface area contributed by atoms with Crippen LogP contribution in [0.15, 0.2) is 194 Å². The van der Waals surface area contributed by atoms with Crippen LogP contribution in [0.25, 0.3) is 130 Å². The number of thiophene rings is 1. The lowest BCUT2D eigenvalue weighted by atomic mass is 10.0. The van der Waals surface area contributed by atoms with E-state index >= 15 is 0 Å². The predicted molar refractivity (Wildman–Crippen MR) is 258 cm³/mol. The van der Waals surface area contributed by atoms with Crippen molar-refractivity contribution in [3.8, 4) is 39.5 Å². The van der Waals surface area contributed by atoms with Crippen molar-refractivity contribution in [2.75, 3.05) is 0 Å².